The van der Waals surface area contributed by atoms with Crippen LogP contribution < -0.4 is 0 Å². The minimum absolute atomic E-state index is 0.258. The number of ether oxygens (including phenoxy) is 1. The number of benzene rings is 1. The first-order valence-corrected chi connectivity index (χ1v) is 8.50. The zero-order valence-electron chi connectivity index (χ0n) is 13.0. The van der Waals surface area contributed by atoms with Crippen LogP contribution in [0.5, 0.6) is 0 Å². The van der Waals surface area contributed by atoms with Crippen LogP contribution in [0.2, 0.25) is 5.02 Å². The molecule has 0 bridgehead atoms. The summed E-state index contributed by atoms with van der Waals surface area (Å²) in [6.07, 6.45) is 6.39. The summed E-state index contributed by atoms with van der Waals surface area (Å²) in [5, 5.41) is 0.778. The second-order valence-electron chi connectivity index (χ2n) is 5.43. The minimum atomic E-state index is 0.258. The van der Waals surface area contributed by atoms with Gasteiger partial charge < -0.3 is 14.5 Å². The number of halogens is 2. The van der Waals surface area contributed by atoms with Gasteiger partial charge in [-0.3, -0.25) is 0 Å². The zero-order valence-corrected chi connectivity index (χ0v) is 15.3. The van der Waals surface area contributed by atoms with Crippen LogP contribution in [0.15, 0.2) is 47.1 Å². The highest BCUT2D eigenvalue weighted by molar-refractivity contribution is 9.11. The molecule has 1 aliphatic rings. The van der Waals surface area contributed by atoms with E-state index in [0.717, 1.165) is 35.7 Å². The van der Waals surface area contributed by atoms with E-state index in [1.807, 2.05) is 12.1 Å². The van der Waals surface area contributed by atoms with E-state index >= 15 is 0 Å². The molecule has 0 N–H and O–H groups in total. The van der Waals surface area contributed by atoms with E-state index in [0.29, 0.717) is 0 Å². The molecule has 0 spiro atoms. The van der Waals surface area contributed by atoms with E-state index in [1.165, 1.54) is 5.56 Å². The number of likely N-dealkylation sites (N-methyl/N-ethyl adjacent to an activating group) is 1. The minimum Gasteiger partial charge on any atom is -0.383 e. The molecule has 1 atom stereocenters. The first-order chi connectivity index (χ1) is 10.6. The summed E-state index contributed by atoms with van der Waals surface area (Å²) in [7, 11) is 3.86. The third-order valence-corrected chi connectivity index (χ3v) is 4.54. The monoisotopic (exact) mass is 384 g/mol. The Morgan fingerprint density at radius 1 is 1.45 bits per heavy atom. The Labute approximate surface area is 146 Å². The van der Waals surface area contributed by atoms with Crippen LogP contribution in [-0.2, 0) is 4.74 Å². The second kappa shape index (κ2) is 8.73. The molecule has 1 aromatic carbocycles. The van der Waals surface area contributed by atoms with Gasteiger partial charge in [0.2, 0.25) is 0 Å². The quantitative estimate of drug-likeness (QED) is 0.704. The number of allylic oxidation sites excluding steroid dienone is 2. The van der Waals surface area contributed by atoms with Gasteiger partial charge in [0, 0.05) is 42.4 Å². The van der Waals surface area contributed by atoms with E-state index in [1.54, 1.807) is 7.11 Å². The molecular weight excluding hydrogens is 364 g/mol. The van der Waals surface area contributed by atoms with Crippen molar-refractivity contribution in [2.45, 2.75) is 6.04 Å². The molecule has 0 saturated heterocycles. The maximum absolute atomic E-state index is 6.18. The lowest BCUT2D eigenvalue weighted by Crippen LogP contribution is -2.36. The second-order valence-corrected chi connectivity index (χ2v) is 6.78. The SMILES string of the molecule is COCCN(C)CC(c1cccc(Cl)c1)N1C=CC(Br)=CC1. The third-order valence-electron chi connectivity index (χ3n) is 3.72. The average Bonchev–Trinajstić information content (AvgIpc) is 2.51. The number of methoxy groups -OCH3 is 1. The van der Waals surface area contributed by atoms with Gasteiger partial charge in [0.1, 0.15) is 0 Å². The Kier molecular flexibility index (Phi) is 6.96. The Balaban J connectivity index is 2.15. The van der Waals surface area contributed by atoms with Crippen LogP contribution in [0.3, 0.4) is 0 Å². The van der Waals surface area contributed by atoms with E-state index < -0.39 is 0 Å². The van der Waals surface area contributed by atoms with Gasteiger partial charge in [0.05, 0.1) is 12.6 Å². The fourth-order valence-corrected chi connectivity index (χ4v) is 2.93. The lowest BCUT2D eigenvalue weighted by Gasteiger charge is -2.34. The zero-order chi connectivity index (χ0) is 15.9. The van der Waals surface area contributed by atoms with Gasteiger partial charge in [-0.25, -0.2) is 0 Å². The van der Waals surface area contributed by atoms with Gasteiger partial charge in [-0.15, -0.1) is 0 Å². The summed E-state index contributed by atoms with van der Waals surface area (Å²) in [6, 6.07) is 8.38. The standard InChI is InChI=1S/C17H22BrClN2O/c1-20(10-11-22-2)13-17(14-4-3-5-16(19)12-14)21-8-6-15(18)7-9-21/h3-8,12,17H,9-11,13H2,1-2H3. The highest BCUT2D eigenvalue weighted by Crippen LogP contribution is 2.27. The summed E-state index contributed by atoms with van der Waals surface area (Å²) >= 11 is 9.70. The average molecular weight is 386 g/mol. The normalized spacial score (nSPS) is 16.0. The predicted molar refractivity (Wildman–Crippen MR) is 96.4 cm³/mol. The van der Waals surface area contributed by atoms with Crippen molar-refractivity contribution in [2.24, 2.45) is 0 Å². The lowest BCUT2D eigenvalue weighted by atomic mass is 10.0. The highest BCUT2D eigenvalue weighted by Gasteiger charge is 2.20. The first kappa shape index (κ1) is 17.5. The van der Waals surface area contributed by atoms with Gasteiger partial charge in [-0.05, 0) is 30.8 Å². The van der Waals surface area contributed by atoms with Crippen LogP contribution in [0.4, 0.5) is 0 Å². The Bertz CT molecular complexity index is 547. The fraction of sp³-hybridized carbons (Fsp3) is 0.412. The summed E-state index contributed by atoms with van der Waals surface area (Å²) in [5.74, 6) is 0. The number of hydrogen-bond acceptors (Lipinski definition) is 3. The molecule has 3 nitrogen and oxygen atoms in total. The Morgan fingerprint density at radius 2 is 2.27 bits per heavy atom. The molecule has 0 fully saturated rings. The van der Waals surface area contributed by atoms with Crippen LogP contribution in [0, 0.1) is 0 Å². The molecule has 2 rings (SSSR count). The van der Waals surface area contributed by atoms with Crippen LogP contribution >= 0.6 is 27.5 Å². The van der Waals surface area contributed by atoms with Gasteiger partial charge in [0.25, 0.3) is 0 Å². The van der Waals surface area contributed by atoms with Crippen LogP contribution in [0.1, 0.15) is 11.6 Å². The van der Waals surface area contributed by atoms with Crippen molar-refractivity contribution in [3.05, 3.63) is 57.7 Å². The number of nitrogens with zero attached hydrogens (tertiary/aromatic N) is 2. The lowest BCUT2D eigenvalue weighted by molar-refractivity contribution is 0.142. The van der Waals surface area contributed by atoms with Crippen molar-refractivity contribution in [1.29, 1.82) is 0 Å². The van der Waals surface area contributed by atoms with Crippen LogP contribution in [-0.4, -0.2) is 50.2 Å². The summed E-state index contributed by atoms with van der Waals surface area (Å²) in [4.78, 5) is 4.62. The fourth-order valence-electron chi connectivity index (χ4n) is 2.47. The van der Waals surface area contributed by atoms with Gasteiger partial charge in [-0.1, -0.05) is 45.7 Å². The molecule has 0 aromatic heterocycles. The molecule has 0 aliphatic carbocycles. The molecule has 22 heavy (non-hydrogen) atoms. The molecule has 5 heteroatoms. The van der Waals surface area contributed by atoms with E-state index in [2.05, 4.69) is 63.3 Å². The number of hydrogen-bond donors (Lipinski definition) is 0. The maximum Gasteiger partial charge on any atom is 0.0667 e. The predicted octanol–water partition coefficient (Wildman–Crippen LogP) is 4.07. The first-order valence-electron chi connectivity index (χ1n) is 7.32. The van der Waals surface area contributed by atoms with Crippen molar-refractivity contribution in [1.82, 2.24) is 9.80 Å². The van der Waals surface area contributed by atoms with Crippen molar-refractivity contribution >= 4 is 27.5 Å². The summed E-state index contributed by atoms with van der Waals surface area (Å²) < 4.78 is 6.30. The van der Waals surface area contributed by atoms with Crippen molar-refractivity contribution in [2.75, 3.05) is 40.4 Å². The van der Waals surface area contributed by atoms with Gasteiger partial charge in [-0.2, -0.15) is 0 Å². The van der Waals surface area contributed by atoms with Crippen molar-refractivity contribution in [3.63, 3.8) is 0 Å². The van der Waals surface area contributed by atoms with Crippen LogP contribution in [0.25, 0.3) is 0 Å². The third kappa shape index (κ3) is 5.13. The number of rotatable bonds is 7. The molecule has 120 valence electrons. The molecule has 1 heterocycles. The Morgan fingerprint density at radius 3 is 2.91 bits per heavy atom. The maximum atomic E-state index is 6.18. The molecule has 0 saturated carbocycles. The summed E-state index contributed by atoms with van der Waals surface area (Å²) in [5.41, 5.74) is 1.23. The van der Waals surface area contributed by atoms with E-state index in [4.69, 9.17) is 16.3 Å². The van der Waals surface area contributed by atoms with Crippen molar-refractivity contribution in [3.8, 4) is 0 Å². The van der Waals surface area contributed by atoms with Crippen molar-refractivity contribution < 1.29 is 4.74 Å². The molecule has 1 aliphatic heterocycles. The molecule has 0 radical (unpaired) electrons. The van der Waals surface area contributed by atoms with E-state index in [9.17, 15) is 0 Å². The smallest absolute Gasteiger partial charge is 0.0667 e. The highest BCUT2D eigenvalue weighted by atomic mass is 79.9. The van der Waals surface area contributed by atoms with Gasteiger partial charge >= 0.3 is 0 Å². The topological polar surface area (TPSA) is 15.7 Å². The van der Waals surface area contributed by atoms with Gasteiger partial charge in [0.15, 0.2) is 0 Å². The molecule has 0 amide bonds. The molecular formula is C17H22BrClN2O. The Hall–Kier alpha value is -0.810. The summed E-state index contributed by atoms with van der Waals surface area (Å²) in [6.45, 7) is 3.44. The molecule has 1 aromatic rings. The largest absolute Gasteiger partial charge is 0.383 e. The van der Waals surface area contributed by atoms with E-state index in [-0.39, 0.29) is 6.04 Å². The molecule has 1 unspecified atom stereocenters.